The summed E-state index contributed by atoms with van der Waals surface area (Å²) < 4.78 is 0. The lowest BCUT2D eigenvalue weighted by Gasteiger charge is -2.10. The second-order valence-corrected chi connectivity index (χ2v) is 4.74. The van der Waals surface area contributed by atoms with Crippen LogP contribution in [0.15, 0.2) is 29.8 Å². The molecule has 0 fully saturated rings. The molecule has 0 amide bonds. The molecular weight excluding hydrogens is 194 g/mol. The van der Waals surface area contributed by atoms with E-state index in [4.69, 9.17) is 0 Å². The molecule has 0 atom stereocenters. The molecule has 0 saturated carbocycles. The minimum Gasteiger partial charge on any atom is -0.370 e. The Balaban J connectivity index is 2.32. The fourth-order valence-electron chi connectivity index (χ4n) is 2.43. The van der Waals surface area contributed by atoms with Crippen molar-refractivity contribution in [3.63, 3.8) is 0 Å². The van der Waals surface area contributed by atoms with Gasteiger partial charge in [0.15, 0.2) is 0 Å². The molecule has 16 heavy (non-hydrogen) atoms. The highest BCUT2D eigenvalue weighted by molar-refractivity contribution is 5.86. The fraction of sp³-hybridized carbons (Fsp3) is 0.467. The highest BCUT2D eigenvalue weighted by Gasteiger charge is 2.21. The first-order chi connectivity index (χ1) is 7.74. The maximum absolute atomic E-state index is 2.35. The van der Waals surface area contributed by atoms with Crippen LogP contribution >= 0.6 is 0 Å². The Hall–Kier alpha value is -1.24. The Morgan fingerprint density at radius 2 is 2.06 bits per heavy atom. The molecule has 0 N–H and O–H groups in total. The summed E-state index contributed by atoms with van der Waals surface area (Å²) in [5.41, 5.74) is 5.94. The van der Waals surface area contributed by atoms with Crippen LogP contribution in [0.25, 0.3) is 5.57 Å². The van der Waals surface area contributed by atoms with Crippen molar-refractivity contribution in [1.29, 1.82) is 0 Å². The number of benzene rings is 1. The lowest BCUT2D eigenvalue weighted by molar-refractivity contribution is 0.787. The molecule has 2 rings (SSSR count). The van der Waals surface area contributed by atoms with E-state index in [9.17, 15) is 0 Å². The lowest BCUT2D eigenvalue weighted by Crippen LogP contribution is -2.12. The smallest absolute Gasteiger partial charge is 0.0443 e. The number of anilines is 1. The van der Waals surface area contributed by atoms with E-state index in [1.165, 1.54) is 30.5 Å². The number of rotatable bonds is 3. The maximum atomic E-state index is 2.35. The van der Waals surface area contributed by atoms with Gasteiger partial charge in [0.05, 0.1) is 0 Å². The van der Waals surface area contributed by atoms with Gasteiger partial charge in [0.25, 0.3) is 0 Å². The van der Waals surface area contributed by atoms with E-state index in [0.717, 1.165) is 6.54 Å². The quantitative estimate of drug-likeness (QED) is 0.733. The second kappa shape index (κ2) is 4.73. The van der Waals surface area contributed by atoms with E-state index in [2.05, 4.69) is 50.1 Å². The van der Waals surface area contributed by atoms with Crippen LogP contribution in [0.3, 0.4) is 0 Å². The monoisotopic (exact) mass is 215 g/mol. The average Bonchev–Trinajstić information content (AvgIpc) is 2.65. The first-order valence-corrected chi connectivity index (χ1v) is 6.23. The maximum Gasteiger partial charge on any atom is 0.0443 e. The number of likely N-dealkylation sites (N-methyl/N-ethyl adjacent to an activating group) is 1. The molecule has 0 aliphatic carbocycles. The Kier molecular flexibility index (Phi) is 3.33. The molecule has 1 aliphatic heterocycles. The molecule has 1 aromatic rings. The molecule has 0 unspecified atom stereocenters. The van der Waals surface area contributed by atoms with Crippen LogP contribution in [-0.2, 0) is 0 Å². The first-order valence-electron chi connectivity index (χ1n) is 6.23. The van der Waals surface area contributed by atoms with E-state index in [1.807, 2.05) is 0 Å². The zero-order valence-electron chi connectivity index (χ0n) is 10.6. The van der Waals surface area contributed by atoms with Gasteiger partial charge in [-0.3, -0.25) is 0 Å². The minimum absolute atomic E-state index is 1.08. The summed E-state index contributed by atoms with van der Waals surface area (Å²) in [6.07, 6.45) is 3.83. The summed E-state index contributed by atoms with van der Waals surface area (Å²) in [4.78, 5) is 2.35. The van der Waals surface area contributed by atoms with Crippen molar-refractivity contribution in [2.45, 2.75) is 33.1 Å². The van der Waals surface area contributed by atoms with Crippen molar-refractivity contribution >= 4 is 11.3 Å². The molecular formula is C15H21N. The predicted molar refractivity (Wildman–Crippen MR) is 71.8 cm³/mol. The highest BCUT2D eigenvalue weighted by Crippen LogP contribution is 2.36. The van der Waals surface area contributed by atoms with Crippen molar-refractivity contribution < 1.29 is 0 Å². The molecule has 1 heterocycles. The zero-order valence-corrected chi connectivity index (χ0v) is 10.6. The summed E-state index contributed by atoms with van der Waals surface area (Å²) in [5.74, 6) is 0. The van der Waals surface area contributed by atoms with Crippen molar-refractivity contribution in [1.82, 2.24) is 0 Å². The predicted octanol–water partition coefficient (Wildman–Crippen LogP) is 4.10. The third-order valence-corrected chi connectivity index (χ3v) is 3.46. The van der Waals surface area contributed by atoms with Crippen LogP contribution < -0.4 is 4.90 Å². The highest BCUT2D eigenvalue weighted by atomic mass is 15.1. The zero-order chi connectivity index (χ0) is 11.5. The lowest BCUT2D eigenvalue weighted by atomic mass is 9.99. The van der Waals surface area contributed by atoms with Gasteiger partial charge in [-0.2, -0.15) is 0 Å². The molecule has 1 aliphatic rings. The fourth-order valence-corrected chi connectivity index (χ4v) is 2.43. The molecule has 1 nitrogen and oxygen atoms in total. The molecule has 0 saturated heterocycles. The van der Waals surface area contributed by atoms with Gasteiger partial charge in [0, 0.05) is 24.8 Å². The SMILES string of the molecule is CCCC/C(C)=C1/CN(C)c2ccccc21. The van der Waals surface area contributed by atoms with Crippen LogP contribution in [0.2, 0.25) is 0 Å². The Labute approximate surface area is 98.8 Å². The van der Waals surface area contributed by atoms with Gasteiger partial charge in [-0.25, -0.2) is 0 Å². The topological polar surface area (TPSA) is 3.24 Å². The van der Waals surface area contributed by atoms with Crippen LogP contribution in [0.5, 0.6) is 0 Å². The first kappa shape index (κ1) is 11.3. The van der Waals surface area contributed by atoms with Crippen molar-refractivity contribution in [2.24, 2.45) is 0 Å². The van der Waals surface area contributed by atoms with Crippen molar-refractivity contribution in [3.05, 3.63) is 35.4 Å². The molecule has 0 bridgehead atoms. The van der Waals surface area contributed by atoms with Gasteiger partial charge in [0.2, 0.25) is 0 Å². The van der Waals surface area contributed by atoms with E-state index in [-0.39, 0.29) is 0 Å². The van der Waals surface area contributed by atoms with Crippen LogP contribution in [0, 0.1) is 0 Å². The average molecular weight is 215 g/mol. The number of fused-ring (bicyclic) bond motifs is 1. The van der Waals surface area contributed by atoms with E-state index < -0.39 is 0 Å². The standard InChI is InChI=1S/C15H21N/c1-4-5-8-12(2)14-11-16(3)15-10-7-6-9-13(14)15/h6-7,9-10H,4-5,8,11H2,1-3H3/b14-12-. The van der Waals surface area contributed by atoms with Gasteiger partial charge >= 0.3 is 0 Å². The molecule has 1 heteroatoms. The molecule has 1 aromatic carbocycles. The third kappa shape index (κ3) is 1.99. The van der Waals surface area contributed by atoms with E-state index in [0.29, 0.717) is 0 Å². The van der Waals surface area contributed by atoms with Gasteiger partial charge in [-0.15, -0.1) is 0 Å². The third-order valence-electron chi connectivity index (χ3n) is 3.46. The summed E-state index contributed by atoms with van der Waals surface area (Å²) in [6.45, 7) is 5.63. The van der Waals surface area contributed by atoms with Gasteiger partial charge in [-0.05, 0) is 31.4 Å². The van der Waals surface area contributed by atoms with Gasteiger partial charge < -0.3 is 4.90 Å². The summed E-state index contributed by atoms with van der Waals surface area (Å²) in [6, 6.07) is 8.74. The Bertz CT molecular complexity index is 404. The van der Waals surface area contributed by atoms with Crippen LogP contribution in [0.4, 0.5) is 5.69 Å². The Morgan fingerprint density at radius 1 is 1.31 bits per heavy atom. The van der Waals surface area contributed by atoms with Gasteiger partial charge in [0.1, 0.15) is 0 Å². The van der Waals surface area contributed by atoms with Gasteiger partial charge in [-0.1, -0.05) is 37.1 Å². The number of hydrogen-bond donors (Lipinski definition) is 0. The molecule has 86 valence electrons. The van der Waals surface area contributed by atoms with Crippen LogP contribution in [-0.4, -0.2) is 13.6 Å². The normalized spacial score (nSPS) is 17.6. The Morgan fingerprint density at radius 3 is 2.81 bits per heavy atom. The summed E-state index contributed by atoms with van der Waals surface area (Å²) in [5, 5.41) is 0. The number of unbranched alkanes of at least 4 members (excludes halogenated alkanes) is 1. The number of hydrogen-bond acceptors (Lipinski definition) is 1. The number of nitrogens with zero attached hydrogens (tertiary/aromatic N) is 1. The van der Waals surface area contributed by atoms with Crippen molar-refractivity contribution in [2.75, 3.05) is 18.5 Å². The van der Waals surface area contributed by atoms with E-state index in [1.54, 1.807) is 11.1 Å². The number of para-hydroxylation sites is 1. The molecule has 0 spiro atoms. The molecule has 0 radical (unpaired) electrons. The van der Waals surface area contributed by atoms with Crippen LogP contribution in [0.1, 0.15) is 38.7 Å². The largest absolute Gasteiger partial charge is 0.370 e. The summed E-state index contributed by atoms with van der Waals surface area (Å²) in [7, 11) is 2.18. The molecule has 0 aromatic heterocycles. The minimum atomic E-state index is 1.08. The number of allylic oxidation sites excluding steroid dienone is 1. The van der Waals surface area contributed by atoms with E-state index >= 15 is 0 Å². The summed E-state index contributed by atoms with van der Waals surface area (Å²) >= 11 is 0. The van der Waals surface area contributed by atoms with Crippen molar-refractivity contribution in [3.8, 4) is 0 Å². The second-order valence-electron chi connectivity index (χ2n) is 4.74.